The van der Waals surface area contributed by atoms with Crippen molar-refractivity contribution in [1.29, 1.82) is 0 Å². The summed E-state index contributed by atoms with van der Waals surface area (Å²) in [4.78, 5) is 23.9. The number of alkyl halides is 3. The summed E-state index contributed by atoms with van der Waals surface area (Å²) in [5, 5.41) is 2.43. The van der Waals surface area contributed by atoms with Crippen molar-refractivity contribution in [3.05, 3.63) is 58.1 Å². The minimum atomic E-state index is -4.72. The molecule has 1 unspecified atom stereocenters. The molecule has 0 saturated heterocycles. The van der Waals surface area contributed by atoms with Gasteiger partial charge in [-0.05, 0) is 49.4 Å². The molecule has 0 aliphatic heterocycles. The predicted molar refractivity (Wildman–Crippen MR) is 97.6 cm³/mol. The van der Waals surface area contributed by atoms with Crippen molar-refractivity contribution in [3.63, 3.8) is 0 Å². The minimum Gasteiger partial charge on any atom is -0.482 e. The van der Waals surface area contributed by atoms with Crippen molar-refractivity contribution in [2.75, 3.05) is 11.9 Å². The molecule has 1 atom stereocenters. The standard InChI is InChI=1S/C18H14Cl2F3NO4/c1-10(28-16(25)9-27-13-5-2-11(19)3-6-13)17(26)24-15-7-4-12(20)8-14(15)18(21,22)23/h2-8,10H,9H2,1H3,(H,24,26). The Morgan fingerprint density at radius 3 is 2.29 bits per heavy atom. The Balaban J connectivity index is 1.94. The average Bonchev–Trinajstić information content (AvgIpc) is 2.61. The van der Waals surface area contributed by atoms with Gasteiger partial charge in [0.25, 0.3) is 5.91 Å². The lowest BCUT2D eigenvalue weighted by Crippen LogP contribution is -2.32. The Bertz CT molecular complexity index is 857. The number of hydrogen-bond acceptors (Lipinski definition) is 4. The topological polar surface area (TPSA) is 64.6 Å². The first-order chi connectivity index (χ1) is 13.1. The lowest BCUT2D eigenvalue weighted by atomic mass is 10.1. The third-order valence-electron chi connectivity index (χ3n) is 3.39. The Morgan fingerprint density at radius 1 is 1.07 bits per heavy atom. The molecule has 0 saturated carbocycles. The Morgan fingerprint density at radius 2 is 1.68 bits per heavy atom. The number of esters is 1. The molecule has 0 bridgehead atoms. The summed E-state index contributed by atoms with van der Waals surface area (Å²) in [6, 6.07) is 9.08. The Kier molecular flexibility index (Phi) is 7.15. The number of amides is 1. The monoisotopic (exact) mass is 435 g/mol. The Labute approximate surface area is 168 Å². The van der Waals surface area contributed by atoms with Crippen molar-refractivity contribution >= 4 is 40.8 Å². The number of rotatable bonds is 6. The summed E-state index contributed by atoms with van der Waals surface area (Å²) in [7, 11) is 0. The minimum absolute atomic E-state index is 0.135. The molecule has 0 aliphatic carbocycles. The molecule has 150 valence electrons. The molecule has 0 aromatic heterocycles. The molecule has 2 aromatic rings. The highest BCUT2D eigenvalue weighted by atomic mass is 35.5. The first-order valence-corrected chi connectivity index (χ1v) is 8.57. The maximum atomic E-state index is 13.1. The highest BCUT2D eigenvalue weighted by Gasteiger charge is 2.34. The fourth-order valence-corrected chi connectivity index (χ4v) is 2.35. The number of halogens is 5. The van der Waals surface area contributed by atoms with E-state index in [2.05, 4.69) is 5.32 Å². The van der Waals surface area contributed by atoms with Crippen LogP contribution in [0, 0.1) is 0 Å². The van der Waals surface area contributed by atoms with Crippen LogP contribution in [0.15, 0.2) is 42.5 Å². The largest absolute Gasteiger partial charge is 0.482 e. The first kappa shape index (κ1) is 21.8. The zero-order valence-electron chi connectivity index (χ0n) is 14.3. The quantitative estimate of drug-likeness (QED) is 0.651. The van der Waals surface area contributed by atoms with E-state index in [0.29, 0.717) is 16.8 Å². The van der Waals surface area contributed by atoms with Crippen LogP contribution in [0.25, 0.3) is 0 Å². The molecule has 28 heavy (non-hydrogen) atoms. The molecule has 5 nitrogen and oxygen atoms in total. The second-order valence-corrected chi connectivity index (χ2v) is 6.42. The third kappa shape index (κ3) is 6.31. The van der Waals surface area contributed by atoms with Gasteiger partial charge in [-0.2, -0.15) is 13.2 Å². The van der Waals surface area contributed by atoms with E-state index in [4.69, 9.17) is 32.7 Å². The molecule has 0 spiro atoms. The SMILES string of the molecule is CC(OC(=O)COc1ccc(Cl)cc1)C(=O)Nc1ccc(Cl)cc1C(F)(F)F. The summed E-state index contributed by atoms with van der Waals surface area (Å²) in [6.45, 7) is 0.729. The lowest BCUT2D eigenvalue weighted by molar-refractivity contribution is -0.155. The van der Waals surface area contributed by atoms with Crippen LogP contribution in [-0.4, -0.2) is 24.6 Å². The van der Waals surface area contributed by atoms with Crippen molar-refractivity contribution in [3.8, 4) is 5.75 Å². The number of hydrogen-bond donors (Lipinski definition) is 1. The molecule has 2 rings (SSSR count). The summed E-state index contributed by atoms with van der Waals surface area (Å²) in [5.74, 6) is -1.45. The maximum Gasteiger partial charge on any atom is 0.418 e. The van der Waals surface area contributed by atoms with Gasteiger partial charge in [0.2, 0.25) is 0 Å². The second-order valence-electron chi connectivity index (χ2n) is 5.55. The zero-order chi connectivity index (χ0) is 20.9. The van der Waals surface area contributed by atoms with Crippen LogP contribution in [-0.2, 0) is 20.5 Å². The smallest absolute Gasteiger partial charge is 0.418 e. The molecule has 0 aliphatic rings. The van der Waals surface area contributed by atoms with Gasteiger partial charge >= 0.3 is 12.1 Å². The van der Waals surface area contributed by atoms with Gasteiger partial charge in [0.15, 0.2) is 12.7 Å². The number of nitrogens with one attached hydrogen (secondary N) is 1. The summed E-state index contributed by atoms with van der Waals surface area (Å²) in [6.07, 6.45) is -6.07. The first-order valence-electron chi connectivity index (χ1n) is 7.81. The molecule has 0 radical (unpaired) electrons. The second kappa shape index (κ2) is 9.16. The van der Waals surface area contributed by atoms with Crippen LogP contribution in [0.4, 0.5) is 18.9 Å². The fourth-order valence-electron chi connectivity index (χ4n) is 2.05. The number of carbonyl (C=O) groups excluding carboxylic acids is 2. The van der Waals surface area contributed by atoms with Crippen molar-refractivity contribution < 1.29 is 32.2 Å². The molecule has 0 heterocycles. The Hall–Kier alpha value is -2.45. The zero-order valence-corrected chi connectivity index (χ0v) is 15.9. The van der Waals surface area contributed by atoms with Gasteiger partial charge in [0.05, 0.1) is 11.3 Å². The van der Waals surface area contributed by atoms with Gasteiger partial charge in [0, 0.05) is 10.0 Å². The molecular formula is C18H14Cl2F3NO4. The maximum absolute atomic E-state index is 13.1. The number of ether oxygens (including phenoxy) is 2. The van der Waals surface area contributed by atoms with Gasteiger partial charge < -0.3 is 14.8 Å². The number of carbonyl (C=O) groups is 2. The third-order valence-corrected chi connectivity index (χ3v) is 3.88. The van der Waals surface area contributed by atoms with Crippen LogP contribution < -0.4 is 10.1 Å². The van der Waals surface area contributed by atoms with E-state index in [1.165, 1.54) is 25.1 Å². The molecule has 1 amide bonds. The summed E-state index contributed by atoms with van der Waals surface area (Å²) >= 11 is 11.3. The van der Waals surface area contributed by atoms with E-state index in [9.17, 15) is 22.8 Å². The van der Waals surface area contributed by atoms with Gasteiger partial charge in [0.1, 0.15) is 5.75 Å². The van der Waals surface area contributed by atoms with E-state index >= 15 is 0 Å². The van der Waals surface area contributed by atoms with E-state index in [1.54, 1.807) is 12.1 Å². The average molecular weight is 436 g/mol. The van der Waals surface area contributed by atoms with Gasteiger partial charge in [-0.1, -0.05) is 23.2 Å². The van der Waals surface area contributed by atoms with Crippen LogP contribution in [0.2, 0.25) is 10.0 Å². The molecule has 10 heteroatoms. The van der Waals surface area contributed by atoms with Gasteiger partial charge in [-0.15, -0.1) is 0 Å². The fraction of sp³-hybridized carbons (Fsp3) is 0.222. The number of benzene rings is 2. The lowest BCUT2D eigenvalue weighted by Gasteiger charge is -2.17. The van der Waals surface area contributed by atoms with Crippen LogP contribution in [0.1, 0.15) is 12.5 Å². The van der Waals surface area contributed by atoms with Crippen LogP contribution in [0.3, 0.4) is 0 Å². The van der Waals surface area contributed by atoms with Gasteiger partial charge in [-0.25, -0.2) is 4.79 Å². The molecule has 2 aromatic carbocycles. The van der Waals surface area contributed by atoms with Crippen molar-refractivity contribution in [1.82, 2.24) is 0 Å². The van der Waals surface area contributed by atoms with E-state index in [1.807, 2.05) is 0 Å². The van der Waals surface area contributed by atoms with Gasteiger partial charge in [-0.3, -0.25) is 4.79 Å². The normalized spacial score (nSPS) is 12.2. The van der Waals surface area contributed by atoms with E-state index < -0.39 is 42.0 Å². The molecule has 1 N–H and O–H groups in total. The van der Waals surface area contributed by atoms with E-state index in [-0.39, 0.29) is 5.02 Å². The molecule has 0 fully saturated rings. The molecular weight excluding hydrogens is 422 g/mol. The van der Waals surface area contributed by atoms with E-state index in [0.717, 1.165) is 6.07 Å². The number of anilines is 1. The van der Waals surface area contributed by atoms with Crippen LogP contribution >= 0.6 is 23.2 Å². The summed E-state index contributed by atoms with van der Waals surface area (Å²) < 4.78 is 49.2. The van der Waals surface area contributed by atoms with Crippen molar-refractivity contribution in [2.24, 2.45) is 0 Å². The van der Waals surface area contributed by atoms with Crippen LogP contribution in [0.5, 0.6) is 5.75 Å². The predicted octanol–water partition coefficient (Wildman–Crippen LogP) is 4.96. The highest BCUT2D eigenvalue weighted by molar-refractivity contribution is 6.31. The highest BCUT2D eigenvalue weighted by Crippen LogP contribution is 2.36. The summed E-state index contributed by atoms with van der Waals surface area (Å²) in [5.41, 5.74) is -1.61. The van der Waals surface area contributed by atoms with Crippen molar-refractivity contribution in [2.45, 2.75) is 19.2 Å².